The van der Waals surface area contributed by atoms with Crippen LogP contribution in [-0.2, 0) is 4.74 Å². The molecule has 0 spiro atoms. The molecule has 1 N–H and O–H groups in total. The van der Waals surface area contributed by atoms with Crippen LogP contribution < -0.4 is 5.32 Å². The third-order valence-electron chi connectivity index (χ3n) is 3.91. The minimum absolute atomic E-state index is 0.569. The molecule has 1 heterocycles. The smallest absolute Gasteiger partial charge is 0.0620 e. The lowest BCUT2D eigenvalue weighted by molar-refractivity contribution is 0.0693. The first-order chi connectivity index (χ1) is 8.30. The minimum atomic E-state index is 0.569. The van der Waals surface area contributed by atoms with Gasteiger partial charge in [0.2, 0.25) is 0 Å². The summed E-state index contributed by atoms with van der Waals surface area (Å²) in [4.78, 5) is 2.59. The molecule has 1 unspecified atom stereocenters. The van der Waals surface area contributed by atoms with Gasteiger partial charge in [0.05, 0.1) is 13.2 Å². The van der Waals surface area contributed by atoms with Crippen LogP contribution in [0.1, 0.15) is 40.0 Å². The maximum atomic E-state index is 5.49. The van der Waals surface area contributed by atoms with Crippen molar-refractivity contribution in [2.24, 2.45) is 5.92 Å². The summed E-state index contributed by atoms with van der Waals surface area (Å²) < 4.78 is 5.49. The second kappa shape index (κ2) is 8.90. The molecule has 1 fully saturated rings. The molecule has 17 heavy (non-hydrogen) atoms. The molecule has 3 heteroatoms. The van der Waals surface area contributed by atoms with E-state index in [1.807, 2.05) is 0 Å². The third-order valence-corrected chi connectivity index (χ3v) is 3.91. The molecule has 0 aliphatic carbocycles. The Labute approximate surface area is 107 Å². The van der Waals surface area contributed by atoms with Gasteiger partial charge in [-0.1, -0.05) is 33.6 Å². The Morgan fingerprint density at radius 1 is 1.29 bits per heavy atom. The van der Waals surface area contributed by atoms with Gasteiger partial charge in [-0.25, -0.2) is 0 Å². The van der Waals surface area contributed by atoms with Crippen LogP contribution in [0.25, 0.3) is 0 Å². The Bertz CT molecular complexity index is 177. The highest BCUT2D eigenvalue weighted by molar-refractivity contribution is 4.73. The Morgan fingerprint density at radius 2 is 2.06 bits per heavy atom. The summed E-state index contributed by atoms with van der Waals surface area (Å²) in [6.45, 7) is 13.3. The van der Waals surface area contributed by atoms with Gasteiger partial charge in [0, 0.05) is 19.1 Å². The molecule has 0 amide bonds. The number of hydrogen-bond acceptors (Lipinski definition) is 3. The van der Waals surface area contributed by atoms with Gasteiger partial charge in [0.1, 0.15) is 0 Å². The zero-order chi connectivity index (χ0) is 12.5. The Morgan fingerprint density at radius 3 is 2.59 bits per heavy atom. The van der Waals surface area contributed by atoms with Crippen LogP contribution in [0.4, 0.5) is 0 Å². The number of nitrogens with zero attached hydrogens (tertiary/aromatic N) is 1. The van der Waals surface area contributed by atoms with Gasteiger partial charge in [0.25, 0.3) is 0 Å². The van der Waals surface area contributed by atoms with Gasteiger partial charge in [-0.2, -0.15) is 0 Å². The SMILES string of the molecule is CCC(CC)CN(CC)CCC1COCCN1. The van der Waals surface area contributed by atoms with Crippen molar-refractivity contribution in [1.29, 1.82) is 0 Å². The van der Waals surface area contributed by atoms with Crippen molar-refractivity contribution in [3.05, 3.63) is 0 Å². The summed E-state index contributed by atoms with van der Waals surface area (Å²) in [5.41, 5.74) is 0. The van der Waals surface area contributed by atoms with Crippen molar-refractivity contribution < 1.29 is 4.74 Å². The highest BCUT2D eigenvalue weighted by Gasteiger charge is 2.15. The predicted molar refractivity (Wildman–Crippen MR) is 73.4 cm³/mol. The summed E-state index contributed by atoms with van der Waals surface area (Å²) in [6.07, 6.45) is 3.82. The van der Waals surface area contributed by atoms with Crippen LogP contribution >= 0.6 is 0 Å². The standard InChI is InChI=1S/C14H30N2O/c1-4-13(5-2)11-16(6-3)9-7-14-12-17-10-8-15-14/h13-15H,4-12H2,1-3H3. The molecule has 0 saturated carbocycles. The van der Waals surface area contributed by atoms with Crippen molar-refractivity contribution >= 4 is 0 Å². The lowest BCUT2D eigenvalue weighted by Gasteiger charge is -2.29. The fourth-order valence-corrected chi connectivity index (χ4v) is 2.43. The average Bonchev–Trinajstić information content (AvgIpc) is 2.40. The third kappa shape index (κ3) is 5.84. The van der Waals surface area contributed by atoms with E-state index in [0.29, 0.717) is 6.04 Å². The zero-order valence-corrected chi connectivity index (χ0v) is 11.9. The molecule has 0 aromatic carbocycles. The van der Waals surface area contributed by atoms with Gasteiger partial charge in [-0.15, -0.1) is 0 Å². The molecule has 1 aliphatic rings. The fourth-order valence-electron chi connectivity index (χ4n) is 2.43. The zero-order valence-electron chi connectivity index (χ0n) is 11.9. The van der Waals surface area contributed by atoms with Crippen LogP contribution in [0.3, 0.4) is 0 Å². The summed E-state index contributed by atoms with van der Waals surface area (Å²) in [7, 11) is 0. The Kier molecular flexibility index (Phi) is 7.82. The van der Waals surface area contributed by atoms with Crippen molar-refractivity contribution in [1.82, 2.24) is 10.2 Å². The summed E-state index contributed by atoms with van der Waals surface area (Å²) in [5.74, 6) is 0.866. The number of ether oxygens (including phenoxy) is 1. The molecule has 3 nitrogen and oxygen atoms in total. The van der Waals surface area contributed by atoms with E-state index >= 15 is 0 Å². The van der Waals surface area contributed by atoms with E-state index in [9.17, 15) is 0 Å². The summed E-state index contributed by atoms with van der Waals surface area (Å²) in [6, 6.07) is 0.569. The summed E-state index contributed by atoms with van der Waals surface area (Å²) >= 11 is 0. The highest BCUT2D eigenvalue weighted by atomic mass is 16.5. The molecule has 0 bridgehead atoms. The lowest BCUT2D eigenvalue weighted by atomic mass is 10.0. The van der Waals surface area contributed by atoms with Gasteiger partial charge in [-0.3, -0.25) is 0 Å². The minimum Gasteiger partial charge on any atom is -0.379 e. The molecule has 1 atom stereocenters. The lowest BCUT2D eigenvalue weighted by Crippen LogP contribution is -2.43. The van der Waals surface area contributed by atoms with Crippen LogP contribution in [0.15, 0.2) is 0 Å². The highest BCUT2D eigenvalue weighted by Crippen LogP contribution is 2.10. The van der Waals surface area contributed by atoms with Gasteiger partial charge < -0.3 is 15.0 Å². The first kappa shape index (κ1) is 14.9. The second-order valence-electron chi connectivity index (χ2n) is 5.09. The van der Waals surface area contributed by atoms with E-state index in [2.05, 4.69) is 31.0 Å². The van der Waals surface area contributed by atoms with Crippen molar-refractivity contribution in [3.8, 4) is 0 Å². The van der Waals surface area contributed by atoms with E-state index in [1.165, 1.54) is 38.9 Å². The Hall–Kier alpha value is -0.120. The van der Waals surface area contributed by atoms with Crippen LogP contribution in [0.2, 0.25) is 0 Å². The topological polar surface area (TPSA) is 24.5 Å². The molecule has 1 aliphatic heterocycles. The maximum absolute atomic E-state index is 5.49. The molecule has 1 rings (SSSR count). The molecule has 0 radical (unpaired) electrons. The first-order valence-corrected chi connectivity index (χ1v) is 7.33. The van der Waals surface area contributed by atoms with Gasteiger partial charge >= 0.3 is 0 Å². The van der Waals surface area contributed by atoms with Crippen LogP contribution in [0, 0.1) is 5.92 Å². The normalized spacial score (nSPS) is 21.4. The molecule has 0 aromatic rings. The van der Waals surface area contributed by atoms with Crippen LogP contribution in [-0.4, -0.2) is 50.3 Å². The predicted octanol–water partition coefficient (Wildman–Crippen LogP) is 2.12. The van der Waals surface area contributed by atoms with E-state index < -0.39 is 0 Å². The average molecular weight is 242 g/mol. The van der Waals surface area contributed by atoms with E-state index in [1.54, 1.807) is 0 Å². The van der Waals surface area contributed by atoms with Crippen molar-refractivity contribution in [2.75, 3.05) is 39.4 Å². The Balaban J connectivity index is 2.20. The fraction of sp³-hybridized carbons (Fsp3) is 1.00. The number of nitrogens with one attached hydrogen (secondary N) is 1. The van der Waals surface area contributed by atoms with Crippen molar-refractivity contribution in [2.45, 2.75) is 46.1 Å². The van der Waals surface area contributed by atoms with Crippen LogP contribution in [0.5, 0.6) is 0 Å². The molecule has 102 valence electrons. The van der Waals surface area contributed by atoms with Gasteiger partial charge in [0.15, 0.2) is 0 Å². The van der Waals surface area contributed by atoms with E-state index in [0.717, 1.165) is 25.7 Å². The monoisotopic (exact) mass is 242 g/mol. The number of morpholine rings is 1. The molecule has 1 saturated heterocycles. The maximum Gasteiger partial charge on any atom is 0.0620 e. The quantitative estimate of drug-likeness (QED) is 0.705. The summed E-state index contributed by atoms with van der Waals surface area (Å²) in [5, 5.41) is 3.53. The largest absolute Gasteiger partial charge is 0.379 e. The number of hydrogen-bond donors (Lipinski definition) is 1. The molecular weight excluding hydrogens is 212 g/mol. The van der Waals surface area contributed by atoms with Gasteiger partial charge in [-0.05, 0) is 25.4 Å². The van der Waals surface area contributed by atoms with E-state index in [-0.39, 0.29) is 0 Å². The molecule has 0 aromatic heterocycles. The second-order valence-corrected chi connectivity index (χ2v) is 5.09. The van der Waals surface area contributed by atoms with E-state index in [4.69, 9.17) is 4.74 Å². The number of rotatable bonds is 8. The first-order valence-electron chi connectivity index (χ1n) is 7.33. The van der Waals surface area contributed by atoms with Crippen molar-refractivity contribution in [3.63, 3.8) is 0 Å². The molecular formula is C14H30N2O.